The molecule has 1 amide bonds. The molecule has 1 unspecified atom stereocenters. The van der Waals surface area contributed by atoms with Gasteiger partial charge in [0.15, 0.2) is 6.10 Å². The summed E-state index contributed by atoms with van der Waals surface area (Å²) in [5.41, 5.74) is 0.274. The Bertz CT molecular complexity index is 769. The zero-order valence-corrected chi connectivity index (χ0v) is 16.1. The fourth-order valence-electron chi connectivity index (χ4n) is 2.25. The topological polar surface area (TPSA) is 75.6 Å². The van der Waals surface area contributed by atoms with Gasteiger partial charge in [0.25, 0.3) is 5.91 Å². The van der Waals surface area contributed by atoms with Crippen LogP contribution in [0.15, 0.2) is 53.4 Å². The van der Waals surface area contributed by atoms with Crippen LogP contribution in [-0.4, -0.2) is 29.3 Å². The summed E-state index contributed by atoms with van der Waals surface area (Å²) in [7, 11) is 0. The largest absolute Gasteiger partial charge is 0.481 e. The van der Waals surface area contributed by atoms with E-state index in [1.165, 1.54) is 0 Å². The van der Waals surface area contributed by atoms with E-state index in [1.54, 1.807) is 56.8 Å². The Balaban J connectivity index is 1.98. The summed E-state index contributed by atoms with van der Waals surface area (Å²) in [5, 5.41) is 12.0. The van der Waals surface area contributed by atoms with Crippen molar-refractivity contribution in [3.05, 3.63) is 54.1 Å². The summed E-state index contributed by atoms with van der Waals surface area (Å²) >= 11 is 1.64. The van der Waals surface area contributed by atoms with Crippen molar-refractivity contribution in [3.8, 4) is 5.75 Å². The lowest BCUT2D eigenvalue weighted by molar-refractivity contribution is -0.142. The number of hydrogen-bond donors (Lipinski definition) is 2. The molecule has 0 heterocycles. The number of hydrogen-bond acceptors (Lipinski definition) is 4. The SMILES string of the molecule is CSc1ccc(OC(C)C(=O)Nc2ccc(C(C)(C)C(=O)O)cc2)cc1. The van der Waals surface area contributed by atoms with Gasteiger partial charge in [0.2, 0.25) is 0 Å². The minimum absolute atomic E-state index is 0.274. The number of amides is 1. The van der Waals surface area contributed by atoms with Gasteiger partial charge in [0, 0.05) is 10.6 Å². The molecule has 0 aromatic heterocycles. The monoisotopic (exact) mass is 373 g/mol. The highest BCUT2D eigenvalue weighted by atomic mass is 32.2. The fourth-order valence-corrected chi connectivity index (χ4v) is 2.66. The number of carboxylic acid groups (broad SMARTS) is 1. The zero-order chi connectivity index (χ0) is 19.3. The van der Waals surface area contributed by atoms with Crippen molar-refractivity contribution in [2.45, 2.75) is 37.2 Å². The van der Waals surface area contributed by atoms with E-state index in [2.05, 4.69) is 5.32 Å². The zero-order valence-electron chi connectivity index (χ0n) is 15.3. The highest BCUT2D eigenvalue weighted by Crippen LogP contribution is 2.25. The summed E-state index contributed by atoms with van der Waals surface area (Å²) < 4.78 is 5.66. The van der Waals surface area contributed by atoms with Crippen LogP contribution in [0.25, 0.3) is 0 Å². The third-order valence-corrected chi connectivity index (χ3v) is 4.89. The third-order valence-electron chi connectivity index (χ3n) is 4.15. The van der Waals surface area contributed by atoms with Crippen molar-refractivity contribution in [3.63, 3.8) is 0 Å². The van der Waals surface area contributed by atoms with Gasteiger partial charge in [-0.3, -0.25) is 9.59 Å². The van der Waals surface area contributed by atoms with Crippen molar-refractivity contribution >= 4 is 29.3 Å². The number of carbonyl (C=O) groups is 2. The number of anilines is 1. The molecule has 26 heavy (non-hydrogen) atoms. The highest BCUT2D eigenvalue weighted by molar-refractivity contribution is 7.98. The second kappa shape index (κ2) is 8.27. The van der Waals surface area contributed by atoms with Crippen LogP contribution < -0.4 is 10.1 Å². The van der Waals surface area contributed by atoms with Crippen LogP contribution in [0.4, 0.5) is 5.69 Å². The van der Waals surface area contributed by atoms with Gasteiger partial charge in [-0.1, -0.05) is 12.1 Å². The molecule has 0 bridgehead atoms. The van der Waals surface area contributed by atoms with Crippen LogP contribution in [0.2, 0.25) is 0 Å². The maximum Gasteiger partial charge on any atom is 0.313 e. The summed E-state index contributed by atoms with van der Waals surface area (Å²) in [5.74, 6) is -0.544. The predicted octanol–water partition coefficient (Wildman–Crippen LogP) is 4.18. The molecule has 0 radical (unpaired) electrons. The Morgan fingerprint density at radius 2 is 1.65 bits per heavy atom. The van der Waals surface area contributed by atoms with Crippen molar-refractivity contribution in [1.29, 1.82) is 0 Å². The first kappa shape index (κ1) is 19.8. The van der Waals surface area contributed by atoms with Gasteiger partial charge in [-0.25, -0.2) is 0 Å². The molecule has 0 saturated carbocycles. The molecular weight excluding hydrogens is 350 g/mol. The normalized spacial score (nSPS) is 12.3. The molecule has 0 fully saturated rings. The van der Waals surface area contributed by atoms with Crippen LogP contribution in [0.5, 0.6) is 5.75 Å². The van der Waals surface area contributed by atoms with Crippen LogP contribution in [-0.2, 0) is 15.0 Å². The van der Waals surface area contributed by atoms with E-state index in [-0.39, 0.29) is 5.91 Å². The first-order valence-corrected chi connectivity index (χ1v) is 9.42. The lowest BCUT2D eigenvalue weighted by Crippen LogP contribution is -2.30. The first-order chi connectivity index (χ1) is 12.2. The van der Waals surface area contributed by atoms with Crippen LogP contribution in [0.1, 0.15) is 26.3 Å². The van der Waals surface area contributed by atoms with Gasteiger partial charge >= 0.3 is 5.97 Å². The van der Waals surface area contributed by atoms with E-state index < -0.39 is 17.5 Å². The Morgan fingerprint density at radius 3 is 2.15 bits per heavy atom. The Hall–Kier alpha value is -2.47. The van der Waals surface area contributed by atoms with Crippen LogP contribution >= 0.6 is 11.8 Å². The summed E-state index contributed by atoms with van der Waals surface area (Å²) in [4.78, 5) is 24.7. The number of carbonyl (C=O) groups excluding carboxylic acids is 1. The maximum absolute atomic E-state index is 12.3. The average molecular weight is 373 g/mol. The smallest absolute Gasteiger partial charge is 0.313 e. The van der Waals surface area contributed by atoms with Crippen LogP contribution in [0, 0.1) is 0 Å². The van der Waals surface area contributed by atoms with Gasteiger partial charge in [-0.15, -0.1) is 11.8 Å². The summed E-state index contributed by atoms with van der Waals surface area (Å²) in [6, 6.07) is 14.3. The number of ether oxygens (including phenoxy) is 1. The van der Waals surface area contributed by atoms with E-state index in [1.807, 2.05) is 30.5 Å². The molecule has 0 aliphatic carbocycles. The molecule has 0 aliphatic rings. The number of rotatable bonds is 7. The number of thioether (sulfide) groups is 1. The van der Waals surface area contributed by atoms with E-state index >= 15 is 0 Å². The molecule has 1 atom stereocenters. The second-order valence-corrected chi connectivity index (χ2v) is 7.31. The van der Waals surface area contributed by atoms with Gasteiger partial charge in [0.1, 0.15) is 5.75 Å². The molecule has 2 N–H and O–H groups in total. The molecule has 0 spiro atoms. The Labute approximate surface area is 157 Å². The maximum atomic E-state index is 12.3. The van der Waals surface area contributed by atoms with E-state index in [0.717, 1.165) is 4.90 Å². The van der Waals surface area contributed by atoms with Gasteiger partial charge < -0.3 is 15.2 Å². The molecule has 138 valence electrons. The molecule has 0 saturated heterocycles. The van der Waals surface area contributed by atoms with Gasteiger partial charge in [0.05, 0.1) is 5.41 Å². The van der Waals surface area contributed by atoms with Crippen molar-refractivity contribution in [2.75, 3.05) is 11.6 Å². The Morgan fingerprint density at radius 1 is 1.08 bits per heavy atom. The van der Waals surface area contributed by atoms with Crippen LogP contribution in [0.3, 0.4) is 0 Å². The van der Waals surface area contributed by atoms with E-state index in [9.17, 15) is 14.7 Å². The summed E-state index contributed by atoms with van der Waals surface area (Å²) in [6.07, 6.45) is 1.33. The Kier molecular flexibility index (Phi) is 6.32. The fraction of sp³-hybridized carbons (Fsp3) is 0.300. The summed E-state index contributed by atoms with van der Waals surface area (Å²) in [6.45, 7) is 4.96. The number of nitrogens with one attached hydrogen (secondary N) is 1. The molecule has 2 aromatic carbocycles. The molecular formula is C20H23NO4S. The number of benzene rings is 2. The van der Waals surface area contributed by atoms with E-state index in [0.29, 0.717) is 17.0 Å². The lowest BCUT2D eigenvalue weighted by Gasteiger charge is -2.20. The molecule has 6 heteroatoms. The lowest BCUT2D eigenvalue weighted by atomic mass is 9.85. The second-order valence-electron chi connectivity index (χ2n) is 6.43. The molecule has 2 rings (SSSR count). The van der Waals surface area contributed by atoms with Crippen molar-refractivity contribution in [2.24, 2.45) is 0 Å². The molecule has 0 aliphatic heterocycles. The molecule has 5 nitrogen and oxygen atoms in total. The molecule has 2 aromatic rings. The van der Waals surface area contributed by atoms with Gasteiger partial charge in [-0.05, 0) is 69.0 Å². The predicted molar refractivity (Wildman–Crippen MR) is 104 cm³/mol. The minimum atomic E-state index is -0.984. The first-order valence-electron chi connectivity index (χ1n) is 8.19. The minimum Gasteiger partial charge on any atom is -0.481 e. The van der Waals surface area contributed by atoms with Crippen molar-refractivity contribution < 1.29 is 19.4 Å². The van der Waals surface area contributed by atoms with Gasteiger partial charge in [-0.2, -0.15) is 0 Å². The van der Waals surface area contributed by atoms with Crippen molar-refractivity contribution in [1.82, 2.24) is 0 Å². The standard InChI is InChI=1S/C20H23NO4S/c1-13(25-16-9-11-17(26-4)12-10-16)18(22)21-15-7-5-14(6-8-15)20(2,3)19(23)24/h5-13H,1-4H3,(H,21,22)(H,23,24). The number of aliphatic carboxylic acids is 1. The third kappa shape index (κ3) is 4.79. The van der Waals surface area contributed by atoms with E-state index in [4.69, 9.17) is 4.74 Å². The highest BCUT2D eigenvalue weighted by Gasteiger charge is 2.29. The average Bonchev–Trinajstić information content (AvgIpc) is 2.62. The number of carboxylic acids is 1. The quantitative estimate of drug-likeness (QED) is 0.712.